The molecule has 0 fully saturated rings. The quantitative estimate of drug-likeness (QED) is 0.543. The Kier molecular flexibility index (Phi) is 5.99. The number of ether oxygens (including phenoxy) is 1. The first-order chi connectivity index (χ1) is 9.64. The molecule has 1 aliphatic rings. The van der Waals surface area contributed by atoms with Gasteiger partial charge in [-0.25, -0.2) is 9.79 Å². The van der Waals surface area contributed by atoms with E-state index in [1.807, 2.05) is 27.7 Å². The highest BCUT2D eigenvalue weighted by atomic mass is 79.9. The number of allylic oxidation sites excluding steroid dienone is 1. The van der Waals surface area contributed by atoms with Gasteiger partial charge in [0.25, 0.3) is 0 Å². The Labute approximate surface area is 135 Å². The minimum atomic E-state index is -0.485. The normalized spacial score (nSPS) is 16.7. The number of rotatable bonds is 2. The summed E-state index contributed by atoms with van der Waals surface area (Å²) in [5.41, 5.74) is 5.20. The largest absolute Gasteiger partial charge is 0.444 e. The second-order valence-corrected chi connectivity index (χ2v) is 6.83. The van der Waals surface area contributed by atoms with E-state index in [9.17, 15) is 4.79 Å². The van der Waals surface area contributed by atoms with Gasteiger partial charge in [-0.2, -0.15) is 0 Å². The minimum Gasteiger partial charge on any atom is -0.444 e. The Morgan fingerprint density at radius 2 is 2.10 bits per heavy atom. The van der Waals surface area contributed by atoms with Crippen molar-refractivity contribution in [1.29, 1.82) is 0 Å². The van der Waals surface area contributed by atoms with Gasteiger partial charge in [-0.1, -0.05) is 12.2 Å². The molecule has 21 heavy (non-hydrogen) atoms. The van der Waals surface area contributed by atoms with Gasteiger partial charge in [-0.05, 0) is 57.0 Å². The first-order valence-corrected chi connectivity index (χ1v) is 7.71. The van der Waals surface area contributed by atoms with Crippen LogP contribution in [0.15, 0.2) is 34.1 Å². The maximum Gasteiger partial charge on any atom is 0.410 e. The average Bonchev–Trinajstić information content (AvgIpc) is 2.36. The van der Waals surface area contributed by atoms with Crippen molar-refractivity contribution >= 4 is 26.6 Å². The summed E-state index contributed by atoms with van der Waals surface area (Å²) in [5.74, 6) is 0. The van der Waals surface area contributed by atoms with E-state index < -0.39 is 5.60 Å². The van der Waals surface area contributed by atoms with Gasteiger partial charge in [0.15, 0.2) is 0 Å². The molecule has 0 aromatic carbocycles. The Balaban J connectivity index is 2.91. The smallest absolute Gasteiger partial charge is 0.410 e. The lowest BCUT2D eigenvalue weighted by atomic mass is 10.0. The van der Waals surface area contributed by atoms with E-state index in [0.717, 1.165) is 16.6 Å². The van der Waals surface area contributed by atoms with Gasteiger partial charge >= 0.3 is 6.09 Å². The lowest BCUT2D eigenvalue weighted by Crippen LogP contribution is -2.41. The lowest BCUT2D eigenvalue weighted by Gasteiger charge is -2.31. The molecule has 1 amide bonds. The average molecular weight is 355 g/mol. The van der Waals surface area contributed by atoms with Crippen molar-refractivity contribution in [2.24, 2.45) is 4.99 Å². The van der Waals surface area contributed by atoms with Crippen LogP contribution in [0.25, 0.3) is 0 Å². The SMILES string of the molecule is C=C=C(C)N=C(Br)C1=C(C)CCN(C(=O)OC(C)(C)C)C1. The topological polar surface area (TPSA) is 41.9 Å². The third kappa shape index (κ3) is 5.52. The van der Waals surface area contributed by atoms with Crippen LogP contribution in [0.5, 0.6) is 0 Å². The molecular weight excluding hydrogens is 332 g/mol. The maximum absolute atomic E-state index is 12.2. The van der Waals surface area contributed by atoms with Crippen LogP contribution in [0, 0.1) is 0 Å². The Morgan fingerprint density at radius 3 is 2.62 bits per heavy atom. The molecule has 0 saturated heterocycles. The molecule has 0 radical (unpaired) electrons. The van der Waals surface area contributed by atoms with Gasteiger partial charge in [-0.3, -0.25) is 0 Å². The van der Waals surface area contributed by atoms with Crippen molar-refractivity contribution in [1.82, 2.24) is 4.90 Å². The van der Waals surface area contributed by atoms with E-state index in [-0.39, 0.29) is 6.09 Å². The van der Waals surface area contributed by atoms with Crippen LogP contribution in [0.1, 0.15) is 41.0 Å². The number of hydrogen-bond donors (Lipinski definition) is 0. The highest BCUT2D eigenvalue weighted by Crippen LogP contribution is 2.23. The van der Waals surface area contributed by atoms with Crippen molar-refractivity contribution in [2.75, 3.05) is 13.1 Å². The second-order valence-electron chi connectivity index (χ2n) is 6.08. The number of aliphatic imine (C=N–C) groups is 1. The molecule has 0 atom stereocenters. The summed E-state index contributed by atoms with van der Waals surface area (Å²) in [5, 5.41) is 0. The third-order valence-corrected chi connectivity index (χ3v) is 3.70. The summed E-state index contributed by atoms with van der Waals surface area (Å²) >= 11 is 3.48. The van der Waals surface area contributed by atoms with E-state index in [1.165, 1.54) is 5.57 Å². The molecule has 0 unspecified atom stereocenters. The molecule has 116 valence electrons. The Morgan fingerprint density at radius 1 is 1.48 bits per heavy atom. The molecule has 0 N–H and O–H groups in total. The van der Waals surface area contributed by atoms with Gasteiger partial charge in [0.05, 0.1) is 12.2 Å². The standard InChI is InChI=1S/C16H23BrN2O2/c1-7-12(3)18-14(17)13-10-19(9-8-11(13)2)15(20)21-16(4,5)6/h1,8-10H2,2-6H3. The zero-order valence-corrected chi connectivity index (χ0v) is 15.0. The Hall–Kier alpha value is -1.32. The van der Waals surface area contributed by atoms with Crippen LogP contribution >= 0.6 is 15.9 Å². The monoisotopic (exact) mass is 354 g/mol. The fourth-order valence-electron chi connectivity index (χ4n) is 1.84. The summed E-state index contributed by atoms with van der Waals surface area (Å²) in [6, 6.07) is 0. The van der Waals surface area contributed by atoms with Gasteiger partial charge < -0.3 is 9.64 Å². The maximum atomic E-state index is 12.2. The fourth-order valence-corrected chi connectivity index (χ4v) is 2.57. The number of amides is 1. The molecular formula is C16H23BrN2O2. The third-order valence-electron chi connectivity index (χ3n) is 3.04. The summed E-state index contributed by atoms with van der Waals surface area (Å²) in [4.78, 5) is 18.2. The lowest BCUT2D eigenvalue weighted by molar-refractivity contribution is 0.0263. The first-order valence-electron chi connectivity index (χ1n) is 6.92. The molecule has 0 aromatic rings. The zero-order valence-electron chi connectivity index (χ0n) is 13.4. The van der Waals surface area contributed by atoms with E-state index in [0.29, 0.717) is 18.8 Å². The van der Waals surface area contributed by atoms with Crippen molar-refractivity contribution in [3.63, 3.8) is 0 Å². The molecule has 0 spiro atoms. The number of halogens is 1. The van der Waals surface area contributed by atoms with Crippen LogP contribution in [-0.4, -0.2) is 34.3 Å². The van der Waals surface area contributed by atoms with Gasteiger partial charge in [0, 0.05) is 12.1 Å². The van der Waals surface area contributed by atoms with Crippen LogP contribution in [0.2, 0.25) is 0 Å². The fraction of sp³-hybridized carbons (Fsp3) is 0.562. The highest BCUT2D eigenvalue weighted by Gasteiger charge is 2.27. The molecule has 0 aromatic heterocycles. The predicted molar refractivity (Wildman–Crippen MR) is 89.8 cm³/mol. The van der Waals surface area contributed by atoms with Crippen molar-refractivity contribution < 1.29 is 9.53 Å². The van der Waals surface area contributed by atoms with E-state index in [1.54, 1.807) is 4.90 Å². The molecule has 0 bridgehead atoms. The first kappa shape index (κ1) is 17.7. The van der Waals surface area contributed by atoms with Gasteiger partial charge in [0.2, 0.25) is 0 Å². The van der Waals surface area contributed by atoms with Gasteiger partial charge in [0.1, 0.15) is 10.2 Å². The van der Waals surface area contributed by atoms with Gasteiger partial charge in [-0.15, -0.1) is 5.73 Å². The Bertz CT molecular complexity index is 535. The molecule has 1 rings (SSSR count). The van der Waals surface area contributed by atoms with Crippen LogP contribution in [-0.2, 0) is 4.74 Å². The molecule has 1 aliphatic heterocycles. The van der Waals surface area contributed by atoms with E-state index in [4.69, 9.17) is 4.74 Å². The summed E-state index contributed by atoms with van der Waals surface area (Å²) in [7, 11) is 0. The summed E-state index contributed by atoms with van der Waals surface area (Å²) in [6.45, 7) is 14.2. The number of carbonyl (C=O) groups excluding carboxylic acids is 1. The van der Waals surface area contributed by atoms with Crippen LogP contribution in [0.4, 0.5) is 4.79 Å². The van der Waals surface area contributed by atoms with Crippen LogP contribution < -0.4 is 0 Å². The molecule has 5 heteroatoms. The van der Waals surface area contributed by atoms with Crippen molar-refractivity contribution in [3.05, 3.63) is 29.2 Å². The number of carbonyl (C=O) groups is 1. The summed E-state index contributed by atoms with van der Waals surface area (Å²) < 4.78 is 6.15. The van der Waals surface area contributed by atoms with Crippen molar-refractivity contribution in [3.8, 4) is 0 Å². The molecule has 0 aliphatic carbocycles. The number of hydrogen-bond acceptors (Lipinski definition) is 3. The van der Waals surface area contributed by atoms with Crippen molar-refractivity contribution in [2.45, 2.75) is 46.6 Å². The second kappa shape index (κ2) is 7.10. The predicted octanol–water partition coefficient (Wildman–Crippen LogP) is 4.43. The number of nitrogens with zero attached hydrogens (tertiary/aromatic N) is 2. The zero-order chi connectivity index (χ0) is 16.2. The molecule has 4 nitrogen and oxygen atoms in total. The highest BCUT2D eigenvalue weighted by molar-refractivity contribution is 9.18. The van der Waals surface area contributed by atoms with E-state index >= 15 is 0 Å². The molecule has 1 heterocycles. The molecule has 0 saturated carbocycles. The minimum absolute atomic E-state index is 0.288. The van der Waals surface area contributed by atoms with E-state index in [2.05, 4.69) is 40.2 Å². The van der Waals surface area contributed by atoms with Crippen LogP contribution in [0.3, 0.4) is 0 Å². The summed E-state index contributed by atoms with van der Waals surface area (Å²) in [6.07, 6.45) is 0.527.